The Morgan fingerprint density at radius 3 is 3.00 bits per heavy atom. The first-order valence-corrected chi connectivity index (χ1v) is 5.08. The molecule has 0 aromatic carbocycles. The second-order valence-electron chi connectivity index (χ2n) is 3.28. The number of carbonyl (C=O) groups excluding carboxylic acids is 1. The number of nitrogens with zero attached hydrogens (tertiary/aromatic N) is 1. The summed E-state index contributed by atoms with van der Waals surface area (Å²) in [4.78, 5) is 13.0. The minimum Gasteiger partial charge on any atom is -0.336 e. The third-order valence-electron chi connectivity index (χ3n) is 2.23. The van der Waals surface area contributed by atoms with E-state index in [2.05, 4.69) is 17.6 Å². The second-order valence-corrected chi connectivity index (χ2v) is 3.28. The van der Waals surface area contributed by atoms with Crippen molar-refractivity contribution >= 4 is 6.03 Å². The van der Waals surface area contributed by atoms with Gasteiger partial charge in [-0.15, -0.1) is 0 Å². The van der Waals surface area contributed by atoms with Gasteiger partial charge in [-0.25, -0.2) is 4.79 Å². The van der Waals surface area contributed by atoms with E-state index in [0.29, 0.717) is 0 Å². The molecule has 0 bridgehead atoms. The Morgan fingerprint density at radius 1 is 1.54 bits per heavy atom. The molecule has 0 spiro atoms. The van der Waals surface area contributed by atoms with Crippen LogP contribution in [0.15, 0.2) is 0 Å². The van der Waals surface area contributed by atoms with Crippen molar-refractivity contribution in [3.63, 3.8) is 0 Å². The van der Waals surface area contributed by atoms with Crippen molar-refractivity contribution in [3.05, 3.63) is 0 Å². The first-order chi connectivity index (χ1) is 6.34. The fourth-order valence-electron chi connectivity index (χ4n) is 1.45. The molecule has 1 heterocycles. The lowest BCUT2D eigenvalue weighted by Gasteiger charge is -2.13. The van der Waals surface area contributed by atoms with E-state index in [1.165, 1.54) is 0 Å². The zero-order valence-corrected chi connectivity index (χ0v) is 8.31. The molecule has 2 amide bonds. The minimum atomic E-state index is 0.100. The fraction of sp³-hybridized carbons (Fsp3) is 0.889. The Hall–Kier alpha value is -0.770. The summed E-state index contributed by atoms with van der Waals surface area (Å²) < 4.78 is 0. The van der Waals surface area contributed by atoms with Gasteiger partial charge in [0.1, 0.15) is 0 Å². The van der Waals surface area contributed by atoms with Crippen molar-refractivity contribution < 1.29 is 4.79 Å². The number of rotatable bonds is 6. The Bertz CT molecular complexity index is 161. The van der Waals surface area contributed by atoms with Crippen LogP contribution in [0.5, 0.6) is 0 Å². The van der Waals surface area contributed by atoms with Gasteiger partial charge < -0.3 is 15.5 Å². The largest absolute Gasteiger partial charge is 0.336 e. The van der Waals surface area contributed by atoms with E-state index in [9.17, 15) is 4.79 Å². The average molecular weight is 185 g/mol. The highest BCUT2D eigenvalue weighted by atomic mass is 16.2. The number of unbranched alkanes of at least 4 members (excludes halogenated alkanes) is 1. The summed E-state index contributed by atoms with van der Waals surface area (Å²) in [7, 11) is 0. The van der Waals surface area contributed by atoms with E-state index in [1.54, 1.807) is 0 Å². The number of nitrogens with one attached hydrogen (secondary N) is 2. The molecule has 13 heavy (non-hydrogen) atoms. The van der Waals surface area contributed by atoms with Crippen molar-refractivity contribution in [1.29, 1.82) is 0 Å². The van der Waals surface area contributed by atoms with Crippen LogP contribution >= 0.6 is 0 Å². The van der Waals surface area contributed by atoms with Crippen LogP contribution in [0.1, 0.15) is 19.8 Å². The molecule has 0 unspecified atom stereocenters. The van der Waals surface area contributed by atoms with Crippen LogP contribution in [-0.4, -0.2) is 43.7 Å². The summed E-state index contributed by atoms with van der Waals surface area (Å²) in [6.07, 6.45) is 2.25. The normalized spacial score (nSPS) is 16.4. The summed E-state index contributed by atoms with van der Waals surface area (Å²) in [5.41, 5.74) is 0. The summed E-state index contributed by atoms with van der Waals surface area (Å²) in [5.74, 6) is 0. The van der Waals surface area contributed by atoms with Gasteiger partial charge in [-0.3, -0.25) is 0 Å². The predicted octanol–water partition coefficient (Wildman–Crippen LogP) is 0.401. The van der Waals surface area contributed by atoms with E-state index < -0.39 is 0 Å². The first-order valence-electron chi connectivity index (χ1n) is 5.08. The van der Waals surface area contributed by atoms with Gasteiger partial charge in [0.2, 0.25) is 0 Å². The number of carbonyl (C=O) groups is 1. The Morgan fingerprint density at radius 2 is 2.38 bits per heavy atom. The SMILES string of the molecule is CCNCCCCN1CCNC1=O. The van der Waals surface area contributed by atoms with E-state index in [1.807, 2.05) is 4.90 Å². The molecule has 1 aliphatic rings. The molecule has 1 fully saturated rings. The van der Waals surface area contributed by atoms with Crippen LogP contribution < -0.4 is 10.6 Å². The third-order valence-corrected chi connectivity index (χ3v) is 2.23. The van der Waals surface area contributed by atoms with Gasteiger partial charge in [0.05, 0.1) is 0 Å². The molecule has 2 N–H and O–H groups in total. The lowest BCUT2D eigenvalue weighted by Crippen LogP contribution is -2.29. The average Bonchev–Trinajstić information content (AvgIpc) is 2.52. The lowest BCUT2D eigenvalue weighted by atomic mass is 10.3. The molecule has 0 aliphatic carbocycles. The Kier molecular flexibility index (Phi) is 4.60. The van der Waals surface area contributed by atoms with E-state index >= 15 is 0 Å². The Labute approximate surface area is 79.7 Å². The number of hydrogen-bond donors (Lipinski definition) is 2. The minimum absolute atomic E-state index is 0.100. The zero-order chi connectivity index (χ0) is 9.52. The lowest BCUT2D eigenvalue weighted by molar-refractivity contribution is 0.216. The van der Waals surface area contributed by atoms with Gasteiger partial charge in [0, 0.05) is 19.6 Å². The van der Waals surface area contributed by atoms with Crippen LogP contribution in [0.2, 0.25) is 0 Å². The molecule has 0 atom stereocenters. The summed E-state index contributed by atoms with van der Waals surface area (Å²) in [6, 6.07) is 0.100. The van der Waals surface area contributed by atoms with Gasteiger partial charge in [0.25, 0.3) is 0 Å². The molecule has 0 radical (unpaired) electrons. The van der Waals surface area contributed by atoms with Crippen LogP contribution in [0.4, 0.5) is 4.79 Å². The monoisotopic (exact) mass is 185 g/mol. The van der Waals surface area contributed by atoms with Crippen LogP contribution in [-0.2, 0) is 0 Å². The first kappa shape index (κ1) is 10.3. The van der Waals surface area contributed by atoms with E-state index in [4.69, 9.17) is 0 Å². The van der Waals surface area contributed by atoms with Gasteiger partial charge in [-0.2, -0.15) is 0 Å². The molecular weight excluding hydrogens is 166 g/mol. The van der Waals surface area contributed by atoms with Crippen molar-refractivity contribution in [2.75, 3.05) is 32.7 Å². The number of urea groups is 1. The number of amides is 2. The highest BCUT2D eigenvalue weighted by molar-refractivity contribution is 5.76. The van der Waals surface area contributed by atoms with Crippen LogP contribution in [0.25, 0.3) is 0 Å². The molecule has 0 saturated carbocycles. The molecule has 1 aliphatic heterocycles. The van der Waals surface area contributed by atoms with Crippen molar-refractivity contribution in [2.45, 2.75) is 19.8 Å². The topological polar surface area (TPSA) is 44.4 Å². The standard InChI is InChI=1S/C9H19N3O/c1-2-10-5-3-4-7-12-8-6-11-9(12)13/h10H,2-8H2,1H3,(H,11,13). The highest BCUT2D eigenvalue weighted by Crippen LogP contribution is 1.99. The molecular formula is C9H19N3O. The van der Waals surface area contributed by atoms with Crippen molar-refractivity contribution in [3.8, 4) is 0 Å². The number of hydrogen-bond acceptors (Lipinski definition) is 2. The molecule has 76 valence electrons. The quantitative estimate of drug-likeness (QED) is 0.588. The molecule has 4 heteroatoms. The summed E-state index contributed by atoms with van der Waals surface area (Å²) in [6.45, 7) is 6.79. The maximum absolute atomic E-state index is 11.1. The van der Waals surface area contributed by atoms with Crippen LogP contribution in [0, 0.1) is 0 Å². The van der Waals surface area contributed by atoms with Crippen molar-refractivity contribution in [1.82, 2.24) is 15.5 Å². The van der Waals surface area contributed by atoms with Gasteiger partial charge in [0.15, 0.2) is 0 Å². The molecule has 1 saturated heterocycles. The maximum Gasteiger partial charge on any atom is 0.317 e. The highest BCUT2D eigenvalue weighted by Gasteiger charge is 2.17. The van der Waals surface area contributed by atoms with Gasteiger partial charge in [-0.1, -0.05) is 6.92 Å². The summed E-state index contributed by atoms with van der Waals surface area (Å²) >= 11 is 0. The third kappa shape index (κ3) is 3.63. The summed E-state index contributed by atoms with van der Waals surface area (Å²) in [5, 5.41) is 6.06. The maximum atomic E-state index is 11.1. The second kappa shape index (κ2) is 5.80. The molecule has 0 aromatic rings. The molecule has 1 rings (SSSR count). The predicted molar refractivity (Wildman–Crippen MR) is 52.7 cm³/mol. The molecule has 0 aromatic heterocycles. The smallest absolute Gasteiger partial charge is 0.317 e. The van der Waals surface area contributed by atoms with Crippen molar-refractivity contribution in [2.24, 2.45) is 0 Å². The Balaban J connectivity index is 1.96. The van der Waals surface area contributed by atoms with Gasteiger partial charge in [-0.05, 0) is 25.9 Å². The van der Waals surface area contributed by atoms with E-state index in [-0.39, 0.29) is 6.03 Å². The zero-order valence-electron chi connectivity index (χ0n) is 8.31. The van der Waals surface area contributed by atoms with Gasteiger partial charge >= 0.3 is 6.03 Å². The molecule has 4 nitrogen and oxygen atoms in total. The van der Waals surface area contributed by atoms with Crippen LogP contribution in [0.3, 0.4) is 0 Å². The fourth-order valence-corrected chi connectivity index (χ4v) is 1.45. The van der Waals surface area contributed by atoms with E-state index in [0.717, 1.165) is 45.6 Å².